The molecule has 1 fully saturated rings. The Morgan fingerprint density at radius 1 is 0.972 bits per heavy atom. The van der Waals surface area contributed by atoms with E-state index in [2.05, 4.69) is 9.97 Å². The molecule has 3 aromatic heterocycles. The van der Waals surface area contributed by atoms with Crippen molar-refractivity contribution < 1.29 is 17.7 Å². The van der Waals surface area contributed by atoms with E-state index in [9.17, 15) is 13.2 Å². The zero-order chi connectivity index (χ0) is 26.0. The Kier molecular flexibility index (Phi) is 5.51. The summed E-state index contributed by atoms with van der Waals surface area (Å²) in [6, 6.07) is 9.73. The molecule has 36 heavy (non-hydrogen) atoms. The summed E-state index contributed by atoms with van der Waals surface area (Å²) in [4.78, 5) is 22.1. The number of benzene rings is 1. The molecule has 186 valence electrons. The van der Waals surface area contributed by atoms with E-state index < -0.39 is 33.9 Å². The fourth-order valence-electron chi connectivity index (χ4n) is 4.23. The second kappa shape index (κ2) is 8.12. The number of pyridine rings is 1. The predicted molar refractivity (Wildman–Crippen MR) is 138 cm³/mol. The van der Waals surface area contributed by atoms with Gasteiger partial charge in [-0.05, 0) is 58.9 Å². The lowest BCUT2D eigenvalue weighted by molar-refractivity contribution is 0.00578. The molecule has 0 N–H and O–H groups in total. The smallest absolute Gasteiger partial charge is 0.399 e. The van der Waals surface area contributed by atoms with E-state index in [0.717, 1.165) is 9.54 Å². The van der Waals surface area contributed by atoms with Crippen LogP contribution in [0.4, 0.5) is 0 Å². The number of fused-ring (bicyclic) bond motifs is 1. The Morgan fingerprint density at radius 3 is 2.14 bits per heavy atom. The Labute approximate surface area is 209 Å². The van der Waals surface area contributed by atoms with Gasteiger partial charge in [0.05, 0.1) is 16.1 Å². The van der Waals surface area contributed by atoms with Gasteiger partial charge in [-0.3, -0.25) is 4.79 Å². The Bertz CT molecular complexity index is 1630. The summed E-state index contributed by atoms with van der Waals surface area (Å²) in [6.07, 6.45) is 4.68. The first kappa shape index (κ1) is 24.4. The third-order valence-electron chi connectivity index (χ3n) is 6.99. The minimum Gasteiger partial charge on any atom is -0.399 e. The van der Waals surface area contributed by atoms with Gasteiger partial charge in [-0.2, -0.15) is 0 Å². The molecule has 5 rings (SSSR count). The molecule has 1 aliphatic rings. The molecule has 1 aliphatic heterocycles. The van der Waals surface area contributed by atoms with E-state index in [-0.39, 0.29) is 21.9 Å². The zero-order valence-electron chi connectivity index (χ0n) is 21.0. The normalized spacial score (nSPS) is 17.1. The maximum atomic E-state index is 14.0. The molecule has 4 aromatic rings. The highest BCUT2D eigenvalue weighted by Gasteiger charge is 2.52. The molecule has 0 atom stereocenters. The Morgan fingerprint density at radius 2 is 1.56 bits per heavy atom. The monoisotopic (exact) mass is 506 g/mol. The van der Waals surface area contributed by atoms with Crippen molar-refractivity contribution in [3.05, 3.63) is 70.9 Å². The van der Waals surface area contributed by atoms with Crippen LogP contribution >= 0.6 is 0 Å². The number of hydrogen-bond donors (Lipinski definition) is 0. The van der Waals surface area contributed by atoms with E-state index >= 15 is 0 Å². The lowest BCUT2D eigenvalue weighted by Gasteiger charge is -2.32. The second-order valence-corrected chi connectivity index (χ2v) is 11.8. The van der Waals surface area contributed by atoms with Crippen LogP contribution in [-0.4, -0.2) is 45.2 Å². The van der Waals surface area contributed by atoms with Crippen molar-refractivity contribution >= 4 is 33.5 Å². The van der Waals surface area contributed by atoms with Crippen molar-refractivity contribution in [3.8, 4) is 11.5 Å². The lowest BCUT2D eigenvalue weighted by Crippen LogP contribution is -2.41. The molecule has 0 radical (unpaired) electrons. The van der Waals surface area contributed by atoms with Gasteiger partial charge in [0, 0.05) is 36.5 Å². The Hall–Kier alpha value is -3.28. The maximum Gasteiger partial charge on any atom is 0.497 e. The average molecular weight is 506 g/mol. The first-order chi connectivity index (χ1) is 16.8. The number of aromatic nitrogens is 4. The van der Waals surface area contributed by atoms with Gasteiger partial charge in [-0.25, -0.2) is 22.4 Å². The minimum absolute atomic E-state index is 0.0206. The minimum atomic E-state index is -4.20. The van der Waals surface area contributed by atoms with Gasteiger partial charge < -0.3 is 13.9 Å². The van der Waals surface area contributed by atoms with E-state index in [1.54, 1.807) is 37.5 Å². The van der Waals surface area contributed by atoms with Crippen molar-refractivity contribution in [2.24, 2.45) is 7.05 Å². The van der Waals surface area contributed by atoms with Crippen LogP contribution in [0.5, 0.6) is 0 Å². The molecule has 1 aromatic carbocycles. The molecular formula is C25H27BN4O5S. The van der Waals surface area contributed by atoms with Gasteiger partial charge in [0.2, 0.25) is 0 Å². The van der Waals surface area contributed by atoms with Gasteiger partial charge in [-0.1, -0.05) is 17.7 Å². The molecular weight excluding hydrogens is 479 g/mol. The number of nitrogens with zero attached hydrogens (tertiary/aromatic N) is 4. The third kappa shape index (κ3) is 3.69. The van der Waals surface area contributed by atoms with Gasteiger partial charge in [0.15, 0.2) is 5.82 Å². The summed E-state index contributed by atoms with van der Waals surface area (Å²) in [5.74, 6) is 0.173. The summed E-state index contributed by atoms with van der Waals surface area (Å²) >= 11 is 0. The molecule has 0 spiro atoms. The van der Waals surface area contributed by atoms with Gasteiger partial charge in [0.25, 0.3) is 15.6 Å². The maximum absolute atomic E-state index is 14.0. The molecule has 0 aliphatic carbocycles. The third-order valence-corrected chi connectivity index (χ3v) is 8.71. The van der Waals surface area contributed by atoms with E-state index in [1.807, 2.05) is 34.6 Å². The largest absolute Gasteiger partial charge is 0.497 e. The van der Waals surface area contributed by atoms with Gasteiger partial charge in [0.1, 0.15) is 11.2 Å². The van der Waals surface area contributed by atoms with Gasteiger partial charge in [-0.15, -0.1) is 0 Å². The highest BCUT2D eigenvalue weighted by atomic mass is 32.2. The highest BCUT2D eigenvalue weighted by molar-refractivity contribution is 7.90. The van der Waals surface area contributed by atoms with Crippen LogP contribution in [0, 0.1) is 6.92 Å². The molecule has 0 bridgehead atoms. The molecule has 1 saturated heterocycles. The van der Waals surface area contributed by atoms with Crippen LogP contribution in [0.3, 0.4) is 0 Å². The molecule has 9 nitrogen and oxygen atoms in total. The van der Waals surface area contributed by atoms with Crippen molar-refractivity contribution in [1.29, 1.82) is 0 Å². The van der Waals surface area contributed by atoms with E-state index in [4.69, 9.17) is 9.31 Å². The topological polar surface area (TPSA) is 105 Å². The highest BCUT2D eigenvalue weighted by Crippen LogP contribution is 2.37. The van der Waals surface area contributed by atoms with Crippen LogP contribution in [0.1, 0.15) is 33.3 Å². The summed E-state index contributed by atoms with van der Waals surface area (Å²) < 4.78 is 42.9. The van der Waals surface area contributed by atoms with Gasteiger partial charge >= 0.3 is 7.12 Å². The molecule has 0 amide bonds. The number of hydrogen-bond acceptors (Lipinski definition) is 7. The van der Waals surface area contributed by atoms with Crippen LogP contribution in [-0.2, 0) is 26.4 Å². The van der Waals surface area contributed by atoms with Crippen molar-refractivity contribution in [1.82, 2.24) is 18.5 Å². The first-order valence-corrected chi connectivity index (χ1v) is 13.0. The number of rotatable bonds is 4. The fourth-order valence-corrected chi connectivity index (χ4v) is 5.73. The number of aryl methyl sites for hydroxylation is 2. The van der Waals surface area contributed by atoms with Crippen molar-refractivity contribution in [3.63, 3.8) is 0 Å². The molecule has 0 unspecified atom stereocenters. The molecule has 4 heterocycles. The molecule has 0 saturated carbocycles. The first-order valence-electron chi connectivity index (χ1n) is 11.5. The molecule has 11 heteroatoms. The lowest BCUT2D eigenvalue weighted by atomic mass is 9.78. The van der Waals surface area contributed by atoms with Crippen LogP contribution in [0.2, 0.25) is 0 Å². The summed E-state index contributed by atoms with van der Waals surface area (Å²) in [5, 5.41) is 0.398. The quantitative estimate of drug-likeness (QED) is 0.392. The Balaban J connectivity index is 1.86. The SMILES string of the molecule is Cc1ccc(S(=O)(=O)n2c(-c3ncccn3)cc3c(B4OC(C)(C)C(C)(C)O4)cn(C)c(=O)c32)cc1. The van der Waals surface area contributed by atoms with Crippen LogP contribution in [0.15, 0.2) is 64.7 Å². The zero-order valence-corrected chi connectivity index (χ0v) is 21.8. The van der Waals surface area contributed by atoms with E-state index in [1.165, 1.54) is 29.1 Å². The fraction of sp³-hybridized carbons (Fsp3) is 0.320. The second-order valence-electron chi connectivity index (χ2n) is 10.0. The summed E-state index contributed by atoms with van der Waals surface area (Å²) in [6.45, 7) is 9.60. The average Bonchev–Trinajstić information content (AvgIpc) is 3.32. The predicted octanol–water partition coefficient (Wildman–Crippen LogP) is 2.64. The summed E-state index contributed by atoms with van der Waals surface area (Å²) in [7, 11) is -3.44. The summed E-state index contributed by atoms with van der Waals surface area (Å²) in [5.41, 5.74) is -0.123. The van der Waals surface area contributed by atoms with Crippen molar-refractivity contribution in [2.45, 2.75) is 50.7 Å². The standard InChI is InChI=1S/C25H27BN4O5S/c1-16-8-10-17(11-9-16)36(32,33)30-20(22-27-12-7-13-28-22)14-18-19(15-29(6)23(31)21(18)30)26-34-24(2,3)25(4,5)35-26/h7-15H,1-6H3. The van der Waals surface area contributed by atoms with E-state index in [0.29, 0.717) is 10.8 Å². The van der Waals surface area contributed by atoms with Crippen LogP contribution in [0.25, 0.3) is 22.4 Å². The van der Waals surface area contributed by atoms with Crippen molar-refractivity contribution in [2.75, 3.05) is 0 Å². The van der Waals surface area contributed by atoms with Crippen LogP contribution < -0.4 is 11.0 Å².